The molecule has 0 unspecified atom stereocenters. The van der Waals surface area contributed by atoms with Crippen molar-refractivity contribution in [2.75, 3.05) is 31.8 Å². The van der Waals surface area contributed by atoms with Crippen molar-refractivity contribution in [3.05, 3.63) is 65.7 Å². The molecule has 3 rings (SSSR count). The second kappa shape index (κ2) is 9.90. The third-order valence-electron chi connectivity index (χ3n) is 4.91. The van der Waals surface area contributed by atoms with Gasteiger partial charge >= 0.3 is 12.0 Å². The number of benzene rings is 2. The van der Waals surface area contributed by atoms with Crippen molar-refractivity contribution in [3.8, 4) is 0 Å². The van der Waals surface area contributed by atoms with Crippen molar-refractivity contribution < 1.29 is 19.1 Å². The average Bonchev–Trinajstić information content (AvgIpc) is 2.77. The zero-order chi connectivity index (χ0) is 19.8. The first-order chi connectivity index (χ1) is 13.7. The molecule has 1 saturated heterocycles. The van der Waals surface area contributed by atoms with Crippen LogP contribution in [0.25, 0.3) is 0 Å². The minimum atomic E-state index is -0.374. The Balaban J connectivity index is 1.70. The zero-order valence-corrected chi connectivity index (χ0v) is 16.1. The molecule has 6 nitrogen and oxygen atoms in total. The topological polar surface area (TPSA) is 67.9 Å². The van der Waals surface area contributed by atoms with E-state index in [2.05, 4.69) is 5.32 Å². The summed E-state index contributed by atoms with van der Waals surface area (Å²) in [7, 11) is 1.36. The van der Waals surface area contributed by atoms with E-state index in [1.165, 1.54) is 7.11 Å². The number of amides is 2. The summed E-state index contributed by atoms with van der Waals surface area (Å²) in [5.74, 6) is 0.0790. The summed E-state index contributed by atoms with van der Waals surface area (Å²) in [6.07, 6.45) is 1.95. The molecule has 0 radical (unpaired) electrons. The van der Waals surface area contributed by atoms with Gasteiger partial charge in [-0.15, -0.1) is 0 Å². The number of nitrogens with one attached hydrogen (secondary N) is 1. The Hall–Kier alpha value is -2.86. The van der Waals surface area contributed by atoms with Gasteiger partial charge in [0.2, 0.25) is 0 Å². The number of rotatable bonds is 6. The van der Waals surface area contributed by atoms with Crippen LogP contribution in [0.1, 0.15) is 28.8 Å². The van der Waals surface area contributed by atoms with Crippen molar-refractivity contribution in [1.82, 2.24) is 5.32 Å². The summed E-state index contributed by atoms with van der Waals surface area (Å²) in [6, 6.07) is 16.6. The van der Waals surface area contributed by atoms with Gasteiger partial charge in [0.15, 0.2) is 0 Å². The molecule has 1 N–H and O–H groups in total. The molecule has 2 aromatic rings. The van der Waals surface area contributed by atoms with E-state index in [1.54, 1.807) is 17.0 Å². The molecule has 0 bridgehead atoms. The number of carbonyl (C=O) groups excluding carboxylic acids is 2. The van der Waals surface area contributed by atoms with E-state index in [4.69, 9.17) is 9.47 Å². The van der Waals surface area contributed by atoms with E-state index in [0.29, 0.717) is 24.6 Å². The lowest BCUT2D eigenvalue weighted by Crippen LogP contribution is -2.42. The summed E-state index contributed by atoms with van der Waals surface area (Å²) in [4.78, 5) is 26.2. The quantitative estimate of drug-likeness (QED) is 0.775. The molecule has 2 aromatic carbocycles. The van der Waals surface area contributed by atoms with Crippen molar-refractivity contribution in [1.29, 1.82) is 0 Å². The van der Waals surface area contributed by atoms with Gasteiger partial charge < -0.3 is 14.8 Å². The maximum absolute atomic E-state index is 12.9. The number of nitrogens with zero attached hydrogens (tertiary/aromatic N) is 1. The molecule has 0 spiro atoms. The first-order valence-electron chi connectivity index (χ1n) is 9.53. The van der Waals surface area contributed by atoms with Crippen LogP contribution in [0.2, 0.25) is 0 Å². The summed E-state index contributed by atoms with van der Waals surface area (Å²) in [6.45, 7) is 2.57. The van der Waals surface area contributed by atoms with Crippen LogP contribution >= 0.6 is 0 Å². The van der Waals surface area contributed by atoms with Gasteiger partial charge in [0.1, 0.15) is 0 Å². The molecule has 1 heterocycles. The maximum atomic E-state index is 12.9. The standard InChI is InChI=1S/C22H26N2O4/c1-27-21(25)19-9-7-18(8-10-19)16-24(20-5-3-2-4-6-20)22(26)23-15-17-11-13-28-14-12-17/h2-10,17H,11-16H2,1H3,(H,23,26). The van der Waals surface area contributed by atoms with Gasteiger partial charge in [-0.2, -0.15) is 0 Å². The Morgan fingerprint density at radius 3 is 2.39 bits per heavy atom. The maximum Gasteiger partial charge on any atom is 0.337 e. The van der Waals surface area contributed by atoms with E-state index in [0.717, 1.165) is 37.3 Å². The largest absolute Gasteiger partial charge is 0.465 e. The second-order valence-electron chi connectivity index (χ2n) is 6.85. The molecule has 2 amide bonds. The molecular formula is C22H26N2O4. The fourth-order valence-corrected chi connectivity index (χ4v) is 3.21. The van der Waals surface area contributed by atoms with Crippen LogP contribution < -0.4 is 10.2 Å². The summed E-state index contributed by atoms with van der Waals surface area (Å²) >= 11 is 0. The molecule has 6 heteroatoms. The van der Waals surface area contributed by atoms with Crippen LogP contribution in [0.3, 0.4) is 0 Å². The number of hydrogen-bond acceptors (Lipinski definition) is 4. The predicted octanol–water partition coefficient (Wildman–Crippen LogP) is 3.62. The molecule has 1 fully saturated rings. The third-order valence-corrected chi connectivity index (χ3v) is 4.91. The molecule has 148 valence electrons. The van der Waals surface area contributed by atoms with Crippen molar-refractivity contribution >= 4 is 17.7 Å². The number of esters is 1. The SMILES string of the molecule is COC(=O)c1ccc(CN(C(=O)NCC2CCOCC2)c2ccccc2)cc1. The van der Waals surface area contributed by atoms with Gasteiger partial charge in [-0.1, -0.05) is 30.3 Å². The highest BCUT2D eigenvalue weighted by Crippen LogP contribution is 2.19. The number of hydrogen-bond donors (Lipinski definition) is 1. The highest BCUT2D eigenvalue weighted by atomic mass is 16.5. The second-order valence-corrected chi connectivity index (χ2v) is 6.85. The fourth-order valence-electron chi connectivity index (χ4n) is 3.21. The number of anilines is 1. The van der Waals surface area contributed by atoms with Gasteiger partial charge in [0, 0.05) is 25.4 Å². The lowest BCUT2D eigenvalue weighted by atomic mass is 10.0. The zero-order valence-electron chi connectivity index (χ0n) is 16.1. The smallest absolute Gasteiger partial charge is 0.337 e. The van der Waals surface area contributed by atoms with Gasteiger partial charge in [0.25, 0.3) is 0 Å². The van der Waals surface area contributed by atoms with Crippen LogP contribution in [-0.2, 0) is 16.0 Å². The Morgan fingerprint density at radius 2 is 1.75 bits per heavy atom. The van der Waals surface area contributed by atoms with Crippen molar-refractivity contribution in [3.63, 3.8) is 0 Å². The Bertz CT molecular complexity index is 771. The van der Waals surface area contributed by atoms with E-state index in [1.807, 2.05) is 42.5 Å². The van der Waals surface area contributed by atoms with E-state index < -0.39 is 0 Å². The number of para-hydroxylation sites is 1. The van der Waals surface area contributed by atoms with Crippen LogP contribution in [0.4, 0.5) is 10.5 Å². The Kier molecular flexibility index (Phi) is 7.03. The monoisotopic (exact) mass is 382 g/mol. The van der Waals surface area contributed by atoms with E-state index in [-0.39, 0.29) is 12.0 Å². The number of urea groups is 1. The minimum absolute atomic E-state index is 0.130. The van der Waals surface area contributed by atoms with Crippen LogP contribution in [-0.4, -0.2) is 38.9 Å². The van der Waals surface area contributed by atoms with Gasteiger partial charge in [-0.05, 0) is 48.6 Å². The summed E-state index contributed by atoms with van der Waals surface area (Å²) in [5.41, 5.74) is 2.24. The molecule has 1 aliphatic rings. The normalized spacial score (nSPS) is 14.3. The van der Waals surface area contributed by atoms with Crippen LogP contribution in [0.5, 0.6) is 0 Å². The van der Waals surface area contributed by atoms with Gasteiger partial charge in [-0.25, -0.2) is 9.59 Å². The molecule has 1 aliphatic heterocycles. The average molecular weight is 382 g/mol. The molecule has 0 atom stereocenters. The number of methoxy groups -OCH3 is 1. The first kappa shape index (κ1) is 19.9. The predicted molar refractivity (Wildman–Crippen MR) is 107 cm³/mol. The molecular weight excluding hydrogens is 356 g/mol. The van der Waals surface area contributed by atoms with Crippen molar-refractivity contribution in [2.45, 2.75) is 19.4 Å². The summed E-state index contributed by atoms with van der Waals surface area (Å²) < 4.78 is 10.1. The molecule has 0 aromatic heterocycles. The van der Waals surface area contributed by atoms with Crippen LogP contribution in [0, 0.1) is 5.92 Å². The molecule has 0 aliphatic carbocycles. The first-order valence-corrected chi connectivity index (χ1v) is 9.53. The molecule has 0 saturated carbocycles. The highest BCUT2D eigenvalue weighted by molar-refractivity contribution is 5.92. The van der Waals surface area contributed by atoms with E-state index in [9.17, 15) is 9.59 Å². The van der Waals surface area contributed by atoms with E-state index >= 15 is 0 Å². The fraction of sp³-hybridized carbons (Fsp3) is 0.364. The van der Waals surface area contributed by atoms with Gasteiger partial charge in [0.05, 0.1) is 19.2 Å². The lowest BCUT2D eigenvalue weighted by molar-refractivity contribution is 0.0600. The third kappa shape index (κ3) is 5.33. The number of carbonyl (C=O) groups is 2. The Labute approximate surface area is 165 Å². The number of ether oxygens (including phenoxy) is 2. The summed E-state index contributed by atoms with van der Waals surface area (Å²) in [5, 5.41) is 3.07. The minimum Gasteiger partial charge on any atom is -0.465 e. The Morgan fingerprint density at radius 1 is 1.07 bits per heavy atom. The highest BCUT2D eigenvalue weighted by Gasteiger charge is 2.19. The van der Waals surface area contributed by atoms with Crippen LogP contribution in [0.15, 0.2) is 54.6 Å². The van der Waals surface area contributed by atoms with Gasteiger partial charge in [-0.3, -0.25) is 4.90 Å². The van der Waals surface area contributed by atoms with Crippen molar-refractivity contribution in [2.24, 2.45) is 5.92 Å². The lowest BCUT2D eigenvalue weighted by Gasteiger charge is -2.26. The molecule has 28 heavy (non-hydrogen) atoms.